The van der Waals surface area contributed by atoms with Gasteiger partial charge in [0, 0.05) is 18.0 Å². The molecule has 3 aliphatic rings. The molecule has 3 fully saturated rings. The van der Waals surface area contributed by atoms with Crippen LogP contribution in [0.25, 0.3) is 0 Å². The van der Waals surface area contributed by atoms with Gasteiger partial charge in [0.2, 0.25) is 0 Å². The van der Waals surface area contributed by atoms with Gasteiger partial charge in [0.25, 0.3) is 0 Å². The second-order valence-corrected chi connectivity index (χ2v) is 9.12. The molecule has 0 bridgehead atoms. The van der Waals surface area contributed by atoms with Crippen LogP contribution in [0.1, 0.15) is 94.2 Å². The molecule has 1 aromatic rings. The van der Waals surface area contributed by atoms with E-state index in [9.17, 15) is 0 Å². The summed E-state index contributed by atoms with van der Waals surface area (Å²) in [5.41, 5.74) is 0. The summed E-state index contributed by atoms with van der Waals surface area (Å²) >= 11 is 0. The number of nitrogens with zero attached hydrogens (tertiary/aromatic N) is 5. The molecular formula is C21H37N5. The van der Waals surface area contributed by atoms with Crippen LogP contribution in [0.2, 0.25) is 0 Å². The van der Waals surface area contributed by atoms with Crippen molar-refractivity contribution in [3.8, 4) is 0 Å². The third-order valence-corrected chi connectivity index (χ3v) is 6.65. The van der Waals surface area contributed by atoms with Gasteiger partial charge in [0.05, 0.1) is 6.54 Å². The maximum atomic E-state index is 4.69. The molecule has 0 unspecified atom stereocenters. The molecule has 0 atom stereocenters. The quantitative estimate of drug-likeness (QED) is 0.797. The molecule has 26 heavy (non-hydrogen) atoms. The minimum Gasteiger partial charge on any atom is -0.311 e. The van der Waals surface area contributed by atoms with E-state index in [1.807, 2.05) is 0 Å². The Morgan fingerprint density at radius 3 is 2.08 bits per heavy atom. The van der Waals surface area contributed by atoms with Crippen molar-refractivity contribution in [3.63, 3.8) is 0 Å². The zero-order valence-electron chi connectivity index (χ0n) is 16.9. The molecule has 2 aliphatic carbocycles. The first kappa shape index (κ1) is 18.4. The first-order valence-electron chi connectivity index (χ1n) is 11.0. The normalized spacial score (nSPS) is 24.7. The lowest BCUT2D eigenvalue weighted by Crippen LogP contribution is -2.41. The first-order valence-corrected chi connectivity index (χ1v) is 11.0. The van der Waals surface area contributed by atoms with Crippen LogP contribution in [0.5, 0.6) is 0 Å². The van der Waals surface area contributed by atoms with E-state index in [0.29, 0.717) is 12.0 Å². The van der Waals surface area contributed by atoms with Crippen molar-refractivity contribution in [1.82, 2.24) is 24.6 Å². The van der Waals surface area contributed by atoms with Crippen LogP contribution in [0.4, 0.5) is 0 Å². The Bertz CT molecular complexity index is 561. The summed E-state index contributed by atoms with van der Waals surface area (Å²) in [6.07, 6.45) is 15.2. The summed E-state index contributed by atoms with van der Waals surface area (Å²) in [5.74, 6) is 3.08. The van der Waals surface area contributed by atoms with Crippen LogP contribution in [0, 0.1) is 0 Å². The van der Waals surface area contributed by atoms with Gasteiger partial charge in [-0.3, -0.25) is 0 Å². The van der Waals surface area contributed by atoms with E-state index in [4.69, 9.17) is 0 Å². The first-order chi connectivity index (χ1) is 12.7. The highest BCUT2D eigenvalue weighted by atomic mass is 15.3. The summed E-state index contributed by atoms with van der Waals surface area (Å²) in [4.78, 5) is 5.02. The fourth-order valence-corrected chi connectivity index (χ4v) is 5.06. The van der Waals surface area contributed by atoms with Gasteiger partial charge in [-0.25, -0.2) is 0 Å². The minimum atomic E-state index is 0.615. The fraction of sp³-hybridized carbons (Fsp3) is 0.905. The maximum absolute atomic E-state index is 4.69. The van der Waals surface area contributed by atoms with Crippen molar-refractivity contribution in [2.45, 2.75) is 95.2 Å². The Balaban J connectivity index is 1.39. The third-order valence-electron chi connectivity index (χ3n) is 6.65. The van der Waals surface area contributed by atoms with E-state index in [0.717, 1.165) is 12.6 Å². The van der Waals surface area contributed by atoms with E-state index < -0.39 is 0 Å². The van der Waals surface area contributed by atoms with Gasteiger partial charge in [0.15, 0.2) is 0 Å². The summed E-state index contributed by atoms with van der Waals surface area (Å²) < 4.78 is 2.51. The van der Waals surface area contributed by atoms with Gasteiger partial charge in [-0.2, -0.15) is 0 Å². The molecule has 0 spiro atoms. The molecule has 0 N–H and O–H groups in total. The lowest BCUT2D eigenvalue weighted by atomic mass is 9.91. The van der Waals surface area contributed by atoms with Gasteiger partial charge in [-0.15, -0.1) is 10.2 Å². The molecule has 4 rings (SSSR count). The number of aromatic nitrogens is 3. The lowest BCUT2D eigenvalue weighted by Gasteiger charge is -2.38. The van der Waals surface area contributed by atoms with Gasteiger partial charge in [-0.05, 0) is 65.7 Å². The van der Waals surface area contributed by atoms with Crippen molar-refractivity contribution >= 4 is 0 Å². The van der Waals surface area contributed by atoms with Crippen molar-refractivity contribution in [1.29, 1.82) is 0 Å². The summed E-state index contributed by atoms with van der Waals surface area (Å²) in [6, 6.07) is 1.53. The molecule has 5 nitrogen and oxygen atoms in total. The van der Waals surface area contributed by atoms with Gasteiger partial charge in [-0.1, -0.05) is 32.1 Å². The molecule has 1 aromatic heterocycles. The average molecular weight is 360 g/mol. The predicted octanol–water partition coefficient (Wildman–Crippen LogP) is 3.97. The van der Waals surface area contributed by atoms with E-state index in [2.05, 4.69) is 38.7 Å². The number of hydrogen-bond donors (Lipinski definition) is 0. The van der Waals surface area contributed by atoms with Crippen LogP contribution in [0.15, 0.2) is 0 Å². The summed E-state index contributed by atoms with van der Waals surface area (Å²) in [5, 5.41) is 9.27. The Morgan fingerprint density at radius 1 is 0.808 bits per heavy atom. The van der Waals surface area contributed by atoms with E-state index in [-0.39, 0.29) is 0 Å². The van der Waals surface area contributed by atoms with Crippen molar-refractivity contribution in [3.05, 3.63) is 11.6 Å². The molecule has 0 aromatic carbocycles. The number of hydrogen-bond acceptors (Lipinski definition) is 4. The molecule has 1 aliphatic heterocycles. The van der Waals surface area contributed by atoms with Gasteiger partial charge < -0.3 is 14.4 Å². The molecule has 0 radical (unpaired) electrons. The molecule has 1 saturated heterocycles. The highest BCUT2D eigenvalue weighted by Crippen LogP contribution is 2.40. The molecule has 5 heteroatoms. The van der Waals surface area contributed by atoms with E-state index in [1.165, 1.54) is 95.4 Å². The van der Waals surface area contributed by atoms with Gasteiger partial charge >= 0.3 is 0 Å². The monoisotopic (exact) mass is 359 g/mol. The van der Waals surface area contributed by atoms with Gasteiger partial charge in [0.1, 0.15) is 11.6 Å². The molecule has 2 heterocycles. The number of piperidine rings is 1. The summed E-state index contributed by atoms with van der Waals surface area (Å²) in [6.45, 7) is 3.43. The Labute approximate surface area is 159 Å². The van der Waals surface area contributed by atoms with E-state index in [1.54, 1.807) is 0 Å². The second-order valence-electron chi connectivity index (χ2n) is 9.12. The Hall–Kier alpha value is -0.940. The van der Waals surface area contributed by atoms with Crippen LogP contribution in [-0.4, -0.2) is 57.8 Å². The maximum Gasteiger partial charge on any atom is 0.147 e. The number of likely N-dealkylation sites (tertiary alicyclic amines) is 1. The number of rotatable bonds is 5. The molecule has 146 valence electrons. The second kappa shape index (κ2) is 8.39. The smallest absolute Gasteiger partial charge is 0.147 e. The standard InChI is InChI=1S/C21H37N5/c1-24(2)16-20-22-23-21(26(20)19-10-11-19)17-12-14-25(15-13-17)18-8-6-4-3-5-7-9-18/h17-19H,3-16H2,1-2H3. The van der Waals surface area contributed by atoms with E-state index >= 15 is 0 Å². The summed E-state index contributed by atoms with van der Waals surface area (Å²) in [7, 11) is 4.25. The van der Waals surface area contributed by atoms with Crippen LogP contribution < -0.4 is 0 Å². The van der Waals surface area contributed by atoms with Crippen molar-refractivity contribution < 1.29 is 0 Å². The third kappa shape index (κ3) is 4.30. The predicted molar refractivity (Wildman–Crippen MR) is 105 cm³/mol. The molecule has 0 amide bonds. The minimum absolute atomic E-state index is 0.615. The van der Waals surface area contributed by atoms with Crippen LogP contribution >= 0.6 is 0 Å². The SMILES string of the molecule is CN(C)Cc1nnc(C2CCN(C3CCCCCCC3)CC2)n1C1CC1. The zero-order valence-corrected chi connectivity index (χ0v) is 16.9. The highest BCUT2D eigenvalue weighted by Gasteiger charge is 2.34. The largest absolute Gasteiger partial charge is 0.311 e. The van der Waals surface area contributed by atoms with Crippen LogP contribution in [-0.2, 0) is 6.54 Å². The van der Waals surface area contributed by atoms with Crippen LogP contribution in [0.3, 0.4) is 0 Å². The van der Waals surface area contributed by atoms with Crippen molar-refractivity contribution in [2.75, 3.05) is 27.2 Å². The Kier molecular flexibility index (Phi) is 5.94. The highest BCUT2D eigenvalue weighted by molar-refractivity contribution is 5.09. The average Bonchev–Trinajstić information content (AvgIpc) is 3.35. The molecular weight excluding hydrogens is 322 g/mol. The fourth-order valence-electron chi connectivity index (χ4n) is 5.06. The topological polar surface area (TPSA) is 37.2 Å². The zero-order chi connectivity index (χ0) is 17.9. The van der Waals surface area contributed by atoms with Crippen molar-refractivity contribution in [2.24, 2.45) is 0 Å². The lowest BCUT2D eigenvalue weighted by molar-refractivity contribution is 0.127. The molecule has 2 saturated carbocycles. The Morgan fingerprint density at radius 2 is 1.46 bits per heavy atom.